The highest BCUT2D eigenvalue weighted by Gasteiger charge is 2.18. The molecule has 1 aliphatic carbocycles. The highest BCUT2D eigenvalue weighted by molar-refractivity contribution is 7.12. The molecule has 20 heavy (non-hydrogen) atoms. The third-order valence-electron chi connectivity index (χ3n) is 3.79. The predicted molar refractivity (Wildman–Crippen MR) is 82.2 cm³/mol. The quantitative estimate of drug-likeness (QED) is 0.792. The summed E-state index contributed by atoms with van der Waals surface area (Å²) in [4.78, 5) is 12.8. The molecule has 1 aromatic heterocycles. The molecule has 1 saturated carbocycles. The normalized spacial score (nSPS) is 22.7. The summed E-state index contributed by atoms with van der Waals surface area (Å²) in [5.41, 5.74) is 6.98. The Kier molecular flexibility index (Phi) is 6.01. The average molecular weight is 296 g/mol. The van der Waals surface area contributed by atoms with E-state index in [1.807, 2.05) is 11.4 Å². The van der Waals surface area contributed by atoms with E-state index < -0.39 is 0 Å². The van der Waals surface area contributed by atoms with Crippen molar-refractivity contribution in [1.82, 2.24) is 5.32 Å². The van der Waals surface area contributed by atoms with Crippen molar-refractivity contribution in [2.45, 2.75) is 51.2 Å². The van der Waals surface area contributed by atoms with Gasteiger partial charge in [0.05, 0.1) is 17.6 Å². The van der Waals surface area contributed by atoms with Crippen molar-refractivity contribution < 1.29 is 9.53 Å². The van der Waals surface area contributed by atoms with Crippen molar-refractivity contribution >= 4 is 17.2 Å². The zero-order valence-electron chi connectivity index (χ0n) is 12.1. The molecule has 1 aliphatic rings. The van der Waals surface area contributed by atoms with Crippen LogP contribution in [0.1, 0.15) is 47.8 Å². The number of thiophene rings is 1. The summed E-state index contributed by atoms with van der Waals surface area (Å²) in [6, 6.07) is 2.36. The van der Waals surface area contributed by atoms with Gasteiger partial charge in [-0.2, -0.15) is 0 Å². The summed E-state index contributed by atoms with van der Waals surface area (Å²) in [5.74, 6) is 0.0196. The smallest absolute Gasteiger partial charge is 0.261 e. The van der Waals surface area contributed by atoms with Gasteiger partial charge in [0.25, 0.3) is 5.91 Å². The van der Waals surface area contributed by atoms with Gasteiger partial charge < -0.3 is 15.8 Å². The summed E-state index contributed by atoms with van der Waals surface area (Å²) in [6.07, 6.45) is 5.39. The molecule has 0 aromatic carbocycles. The van der Waals surface area contributed by atoms with Crippen molar-refractivity contribution in [3.63, 3.8) is 0 Å². The van der Waals surface area contributed by atoms with Crippen molar-refractivity contribution in [3.05, 3.63) is 21.9 Å². The van der Waals surface area contributed by atoms with E-state index in [1.165, 1.54) is 11.3 Å². The van der Waals surface area contributed by atoms with Gasteiger partial charge in [-0.1, -0.05) is 6.92 Å². The van der Waals surface area contributed by atoms with Crippen LogP contribution >= 0.6 is 11.3 Å². The minimum atomic E-state index is 0.0196. The summed E-state index contributed by atoms with van der Waals surface area (Å²) in [6.45, 7) is 3.22. The molecule has 0 saturated heterocycles. The second-order valence-corrected chi connectivity index (χ2v) is 6.21. The molecule has 0 radical (unpaired) electrons. The Hall–Kier alpha value is -0.910. The fourth-order valence-corrected chi connectivity index (χ4v) is 3.45. The van der Waals surface area contributed by atoms with Crippen LogP contribution in [0.3, 0.4) is 0 Å². The fraction of sp³-hybridized carbons (Fsp3) is 0.667. The number of hydrogen-bond acceptors (Lipinski definition) is 4. The largest absolute Gasteiger partial charge is 0.376 e. The molecular formula is C15H24N2O2S. The second kappa shape index (κ2) is 7.76. The summed E-state index contributed by atoms with van der Waals surface area (Å²) in [5, 5.41) is 4.90. The third-order valence-corrected chi connectivity index (χ3v) is 4.75. The van der Waals surface area contributed by atoms with Gasteiger partial charge in [-0.05, 0) is 49.1 Å². The second-order valence-electron chi connectivity index (χ2n) is 5.29. The zero-order valence-corrected chi connectivity index (χ0v) is 12.9. The van der Waals surface area contributed by atoms with E-state index in [0.717, 1.165) is 42.5 Å². The van der Waals surface area contributed by atoms with Crippen LogP contribution in [0.2, 0.25) is 0 Å². The van der Waals surface area contributed by atoms with Crippen LogP contribution in [-0.2, 0) is 11.2 Å². The predicted octanol–water partition coefficient (Wildman–Crippen LogP) is 2.33. The molecular weight excluding hydrogens is 272 g/mol. The van der Waals surface area contributed by atoms with Crippen molar-refractivity contribution in [2.24, 2.45) is 5.73 Å². The van der Waals surface area contributed by atoms with Gasteiger partial charge >= 0.3 is 0 Å². The van der Waals surface area contributed by atoms with E-state index in [4.69, 9.17) is 10.5 Å². The number of nitrogens with one attached hydrogen (secondary N) is 1. The summed E-state index contributed by atoms with van der Waals surface area (Å²) < 4.78 is 5.79. The maximum absolute atomic E-state index is 12.0. The molecule has 5 heteroatoms. The lowest BCUT2D eigenvalue weighted by Crippen LogP contribution is -2.33. The van der Waals surface area contributed by atoms with Crippen LogP contribution in [0, 0.1) is 0 Å². The molecule has 112 valence electrons. The number of carbonyl (C=O) groups excluding carboxylic acids is 1. The lowest BCUT2D eigenvalue weighted by molar-refractivity contribution is 0.0268. The van der Waals surface area contributed by atoms with Gasteiger partial charge in [-0.3, -0.25) is 4.79 Å². The number of ether oxygens (including phenoxy) is 1. The average Bonchev–Trinajstić information content (AvgIpc) is 2.94. The van der Waals surface area contributed by atoms with Crippen LogP contribution in [0.5, 0.6) is 0 Å². The number of amides is 1. The van der Waals surface area contributed by atoms with Gasteiger partial charge in [0.2, 0.25) is 0 Å². The van der Waals surface area contributed by atoms with Gasteiger partial charge in [0, 0.05) is 12.6 Å². The van der Waals surface area contributed by atoms with Crippen molar-refractivity contribution in [1.29, 1.82) is 0 Å². The maximum Gasteiger partial charge on any atom is 0.261 e. The molecule has 0 spiro atoms. The lowest BCUT2D eigenvalue weighted by Gasteiger charge is -2.26. The molecule has 2 rings (SSSR count). The number of aryl methyl sites for hydroxylation is 1. The van der Waals surface area contributed by atoms with Crippen LogP contribution in [-0.4, -0.2) is 31.2 Å². The zero-order chi connectivity index (χ0) is 14.4. The van der Waals surface area contributed by atoms with Crippen LogP contribution < -0.4 is 11.1 Å². The molecule has 0 bridgehead atoms. The molecule has 1 heterocycles. The Morgan fingerprint density at radius 1 is 1.45 bits per heavy atom. The van der Waals surface area contributed by atoms with E-state index in [1.54, 1.807) is 0 Å². The first-order valence-corrected chi connectivity index (χ1v) is 8.30. The highest BCUT2D eigenvalue weighted by atomic mass is 32.1. The molecule has 1 amide bonds. The number of hydrogen-bond donors (Lipinski definition) is 2. The number of nitrogens with two attached hydrogens (primary N) is 1. The Bertz CT molecular complexity index is 425. The lowest BCUT2D eigenvalue weighted by atomic mass is 9.94. The highest BCUT2D eigenvalue weighted by Crippen LogP contribution is 2.19. The first-order chi connectivity index (χ1) is 9.70. The van der Waals surface area contributed by atoms with E-state index in [-0.39, 0.29) is 5.91 Å². The molecule has 1 aromatic rings. The van der Waals surface area contributed by atoms with Gasteiger partial charge in [0.1, 0.15) is 0 Å². The van der Waals surface area contributed by atoms with Crippen LogP contribution in [0.15, 0.2) is 11.4 Å². The molecule has 0 aliphatic heterocycles. The molecule has 4 nitrogen and oxygen atoms in total. The van der Waals surface area contributed by atoms with E-state index in [0.29, 0.717) is 25.3 Å². The minimum Gasteiger partial charge on any atom is -0.376 e. The first-order valence-electron chi connectivity index (χ1n) is 7.42. The van der Waals surface area contributed by atoms with Crippen molar-refractivity contribution in [2.75, 3.05) is 13.2 Å². The molecule has 0 unspecified atom stereocenters. The summed E-state index contributed by atoms with van der Waals surface area (Å²) >= 11 is 1.50. The summed E-state index contributed by atoms with van der Waals surface area (Å²) in [7, 11) is 0. The molecule has 0 atom stereocenters. The Morgan fingerprint density at radius 3 is 2.90 bits per heavy atom. The van der Waals surface area contributed by atoms with Crippen molar-refractivity contribution in [3.8, 4) is 0 Å². The molecule has 1 fully saturated rings. The van der Waals surface area contributed by atoms with Gasteiger partial charge in [0.15, 0.2) is 0 Å². The topological polar surface area (TPSA) is 64.3 Å². The van der Waals surface area contributed by atoms with Gasteiger partial charge in [-0.25, -0.2) is 0 Å². The van der Waals surface area contributed by atoms with Gasteiger partial charge in [-0.15, -0.1) is 11.3 Å². The standard InChI is InChI=1S/C15H24N2O2S/c1-2-11-7-10-20-14(11)15(18)17-8-9-19-13-5-3-12(16)4-6-13/h7,10,12-13H,2-6,8-9,16H2,1H3,(H,17,18). The number of carbonyl (C=O) groups is 1. The fourth-order valence-electron chi connectivity index (χ4n) is 2.54. The SMILES string of the molecule is CCc1ccsc1C(=O)NCCOC1CCC(N)CC1. The Morgan fingerprint density at radius 2 is 2.20 bits per heavy atom. The Balaban J connectivity index is 1.65. The minimum absolute atomic E-state index is 0.0196. The first kappa shape index (κ1) is 15.5. The molecule has 3 N–H and O–H groups in total. The van der Waals surface area contributed by atoms with E-state index in [2.05, 4.69) is 12.2 Å². The Labute approximate surface area is 124 Å². The van der Waals surface area contributed by atoms with Crippen LogP contribution in [0.25, 0.3) is 0 Å². The van der Waals surface area contributed by atoms with E-state index in [9.17, 15) is 4.79 Å². The van der Waals surface area contributed by atoms with Crippen LogP contribution in [0.4, 0.5) is 0 Å². The number of rotatable bonds is 6. The third kappa shape index (κ3) is 4.30. The van der Waals surface area contributed by atoms with E-state index >= 15 is 0 Å². The monoisotopic (exact) mass is 296 g/mol. The maximum atomic E-state index is 12.0.